The average Bonchev–Trinajstić information content (AvgIpc) is 2.18. The van der Waals surface area contributed by atoms with Crippen LogP contribution in [0.15, 0.2) is 29.2 Å². The monoisotopic (exact) mass is 346 g/mol. The second-order valence-corrected chi connectivity index (χ2v) is 5.32. The van der Waals surface area contributed by atoms with Crippen LogP contribution < -0.4 is 22.0 Å². The van der Waals surface area contributed by atoms with Crippen LogP contribution in [0.2, 0.25) is 0 Å². The van der Waals surface area contributed by atoms with Crippen molar-refractivity contribution in [3.63, 3.8) is 0 Å². The molecule has 7 nitrogen and oxygen atoms in total. The molecule has 0 radical (unpaired) electrons. The summed E-state index contributed by atoms with van der Waals surface area (Å²) in [6, 6.07) is 4.19. The van der Waals surface area contributed by atoms with Gasteiger partial charge in [-0.25, -0.2) is 0 Å². The van der Waals surface area contributed by atoms with Gasteiger partial charge in [0.2, 0.25) is 0 Å². The zero-order chi connectivity index (χ0) is 11.5. The number of hydrogen-bond acceptors (Lipinski definition) is 6. The van der Waals surface area contributed by atoms with Gasteiger partial charge in [0.15, 0.2) is 0 Å². The van der Waals surface area contributed by atoms with Crippen molar-refractivity contribution in [3.05, 3.63) is 34.4 Å². The topological polar surface area (TPSA) is 107 Å². The van der Waals surface area contributed by atoms with E-state index in [0.29, 0.717) is 0 Å². The number of hydrogen-bond donors (Lipinski definition) is 1. The van der Waals surface area contributed by atoms with Gasteiger partial charge >= 0.3 is 96.4 Å². The van der Waals surface area contributed by atoms with E-state index in [1.807, 2.05) is 0 Å². The Bertz CT molecular complexity index is 455. The van der Waals surface area contributed by atoms with Gasteiger partial charge in [-0.05, 0) is 0 Å². The van der Waals surface area contributed by atoms with Crippen molar-refractivity contribution in [1.82, 2.24) is 0 Å². The third-order valence-corrected chi connectivity index (χ3v) is 4.42. The molecule has 1 aromatic rings. The van der Waals surface area contributed by atoms with E-state index in [2.05, 4.69) is 2.51 Å². The van der Waals surface area contributed by atoms with Crippen LogP contribution in [-0.2, 0) is 12.6 Å². The van der Waals surface area contributed by atoms with Crippen molar-refractivity contribution in [2.45, 2.75) is 4.90 Å². The molecule has 0 spiro atoms. The van der Waals surface area contributed by atoms with Crippen LogP contribution in [0.3, 0.4) is 0 Å². The fourth-order valence-electron chi connectivity index (χ4n) is 0.808. The molecule has 0 amide bonds. The first-order chi connectivity index (χ1) is 6.97. The fraction of sp³-hybridized carbons (Fsp3) is 0. The number of nitrogens with zero attached hydrogens (tertiary/aromatic N) is 1. The Morgan fingerprint density at radius 2 is 1.87 bits per heavy atom. The first-order valence-electron chi connectivity index (χ1n) is 3.44. The van der Waals surface area contributed by atoms with Gasteiger partial charge in [-0.2, -0.15) is 0 Å². The summed E-state index contributed by atoms with van der Waals surface area (Å²) in [5.74, 6) is 0. The number of benzene rings is 1. The van der Waals surface area contributed by atoms with Gasteiger partial charge in [-0.3, -0.25) is 0 Å². The van der Waals surface area contributed by atoms with Crippen molar-refractivity contribution < 1.29 is 41.3 Å². The number of nitro groups is 1. The molecule has 0 saturated heterocycles. The molecule has 0 aromatic heterocycles. The SMILES string of the molecule is O=[N+]([O-])c1ccc(S(=O)(=O)O[I-]O)cc1. The van der Waals surface area contributed by atoms with Gasteiger partial charge in [0.1, 0.15) is 0 Å². The van der Waals surface area contributed by atoms with Gasteiger partial charge in [-0.15, -0.1) is 0 Å². The summed E-state index contributed by atoms with van der Waals surface area (Å²) in [4.78, 5) is 9.41. The third-order valence-electron chi connectivity index (χ3n) is 1.45. The predicted octanol–water partition coefficient (Wildman–Crippen LogP) is -2.79. The number of rotatable bonds is 4. The maximum atomic E-state index is 11.2. The molecule has 0 atom stereocenters. The van der Waals surface area contributed by atoms with Crippen LogP contribution in [0, 0.1) is 10.1 Å². The molecule has 9 heteroatoms. The molecule has 0 unspecified atom stereocenters. The standard InChI is InChI=1S/C6H5INO6S/c9-7-14-15(12,13)6-3-1-5(2-4-6)8(10)11/h1-4,9H/q-1. The summed E-state index contributed by atoms with van der Waals surface area (Å²) in [7, 11) is -3.98. The summed E-state index contributed by atoms with van der Waals surface area (Å²) < 4.78 is 35.0. The maximum absolute atomic E-state index is 11.2. The Labute approximate surface area is 96.3 Å². The Morgan fingerprint density at radius 1 is 1.33 bits per heavy atom. The van der Waals surface area contributed by atoms with Gasteiger partial charge in [-0.1, -0.05) is 0 Å². The molecule has 0 aliphatic heterocycles. The fourth-order valence-corrected chi connectivity index (χ4v) is 2.68. The van der Waals surface area contributed by atoms with Crippen LogP contribution in [0.4, 0.5) is 5.69 Å². The van der Waals surface area contributed by atoms with Crippen LogP contribution in [0.25, 0.3) is 0 Å². The van der Waals surface area contributed by atoms with E-state index in [9.17, 15) is 18.5 Å². The van der Waals surface area contributed by atoms with E-state index in [1.165, 1.54) is 0 Å². The minimum absolute atomic E-state index is 0.215. The van der Waals surface area contributed by atoms with Crippen LogP contribution in [-0.4, -0.2) is 16.8 Å². The molecule has 0 saturated carbocycles. The van der Waals surface area contributed by atoms with Crippen molar-refractivity contribution in [2.75, 3.05) is 0 Å². The van der Waals surface area contributed by atoms with Crippen molar-refractivity contribution in [2.24, 2.45) is 0 Å². The molecule has 1 N–H and O–H groups in total. The van der Waals surface area contributed by atoms with Gasteiger partial charge in [0.05, 0.1) is 0 Å². The van der Waals surface area contributed by atoms with Gasteiger partial charge < -0.3 is 0 Å². The summed E-state index contributed by atoms with van der Waals surface area (Å²) >= 11 is -1.85. The van der Waals surface area contributed by atoms with Crippen LogP contribution in [0.1, 0.15) is 0 Å². The van der Waals surface area contributed by atoms with Crippen molar-refractivity contribution in [1.29, 1.82) is 0 Å². The molecule has 0 aliphatic carbocycles. The van der Waals surface area contributed by atoms with E-state index in [1.54, 1.807) is 0 Å². The van der Waals surface area contributed by atoms with Crippen molar-refractivity contribution in [3.8, 4) is 0 Å². The van der Waals surface area contributed by atoms with E-state index >= 15 is 0 Å². The summed E-state index contributed by atoms with van der Waals surface area (Å²) in [5, 5.41) is 10.3. The van der Waals surface area contributed by atoms with E-state index < -0.39 is 37.1 Å². The van der Waals surface area contributed by atoms with E-state index in [4.69, 9.17) is 3.44 Å². The molecule has 0 aliphatic rings. The first kappa shape index (κ1) is 12.3. The van der Waals surface area contributed by atoms with Crippen LogP contribution in [0.5, 0.6) is 0 Å². The Balaban J connectivity index is 3.04. The number of nitro benzene ring substituents is 1. The average molecular weight is 346 g/mol. The molecule has 0 heterocycles. The second kappa shape index (κ2) is 4.83. The van der Waals surface area contributed by atoms with Crippen molar-refractivity contribution >= 4 is 15.8 Å². The molecule has 0 bridgehead atoms. The summed E-state index contributed by atoms with van der Waals surface area (Å²) in [6.45, 7) is 0. The predicted molar refractivity (Wildman–Crippen MR) is 43.6 cm³/mol. The first-order valence-corrected chi connectivity index (χ1v) is 6.69. The van der Waals surface area contributed by atoms with E-state index in [-0.39, 0.29) is 10.6 Å². The second-order valence-electron chi connectivity index (χ2n) is 2.34. The minimum atomic E-state index is -3.98. The Hall–Kier alpha value is -0.780. The molecular formula is C6H5INO6S-. The third kappa shape index (κ3) is 3.09. The number of non-ortho nitro benzene ring substituents is 1. The zero-order valence-corrected chi connectivity index (χ0v) is 10.0. The summed E-state index contributed by atoms with van der Waals surface area (Å²) in [5.41, 5.74) is -0.215. The summed E-state index contributed by atoms with van der Waals surface area (Å²) in [6.07, 6.45) is 0. The normalized spacial score (nSPS) is 11.5. The Kier molecular flexibility index (Phi) is 3.96. The van der Waals surface area contributed by atoms with Gasteiger partial charge in [0.25, 0.3) is 0 Å². The molecule has 1 rings (SSSR count). The zero-order valence-electron chi connectivity index (χ0n) is 7.03. The van der Waals surface area contributed by atoms with E-state index in [0.717, 1.165) is 24.3 Å². The van der Waals surface area contributed by atoms with Crippen LogP contribution >= 0.6 is 0 Å². The Morgan fingerprint density at radius 3 is 2.27 bits per heavy atom. The molecule has 84 valence electrons. The van der Waals surface area contributed by atoms with Gasteiger partial charge in [0, 0.05) is 0 Å². The number of halogens is 1. The molecule has 0 fully saturated rings. The molecule has 1 aromatic carbocycles. The molecular weight excluding hydrogens is 341 g/mol. The quantitative estimate of drug-likeness (QED) is 0.359. The molecule has 15 heavy (non-hydrogen) atoms.